The second-order valence-corrected chi connectivity index (χ2v) is 6.41. The maximum Gasteiger partial charge on any atom is 0.337 e. The van der Waals surface area contributed by atoms with Crippen molar-refractivity contribution in [2.75, 3.05) is 11.4 Å². The Balaban J connectivity index is 3.23. The molecule has 1 atom stereocenters. The molecule has 0 aliphatic heterocycles. The normalized spacial score (nSPS) is 12.5. The first-order chi connectivity index (χ1) is 10.6. The van der Waals surface area contributed by atoms with E-state index in [1.807, 2.05) is 0 Å². The van der Waals surface area contributed by atoms with Crippen molar-refractivity contribution in [1.82, 2.24) is 0 Å². The number of carboxylic acid groups (broad SMARTS) is 1. The number of benzene rings is 1. The molecule has 0 spiro atoms. The molecule has 0 heterocycles. The number of non-ortho nitro benzene ring substituents is 1. The number of hydrogen-bond acceptors (Lipinski definition) is 5. The van der Waals surface area contributed by atoms with Crippen molar-refractivity contribution in [3.8, 4) is 0 Å². The molecule has 0 saturated heterocycles. The Morgan fingerprint density at radius 3 is 2.17 bits per heavy atom. The summed E-state index contributed by atoms with van der Waals surface area (Å²) in [5.41, 5.74) is -1.95. The zero-order chi connectivity index (χ0) is 17.8. The monoisotopic (exact) mass is 346 g/mol. The lowest BCUT2D eigenvalue weighted by atomic mass is 10.2. The van der Waals surface area contributed by atoms with Gasteiger partial charge in [0.15, 0.2) is 0 Å². The van der Waals surface area contributed by atoms with E-state index in [9.17, 15) is 34.1 Å². The average molecular weight is 346 g/mol. The summed E-state index contributed by atoms with van der Waals surface area (Å²) in [6.07, 6.45) is -0.188. The summed E-state index contributed by atoms with van der Waals surface area (Å²) < 4.78 is 11.4. The second kappa shape index (κ2) is 7.32. The van der Waals surface area contributed by atoms with E-state index in [0.717, 1.165) is 24.3 Å². The lowest BCUT2D eigenvalue weighted by Crippen LogP contribution is -2.42. The first kappa shape index (κ1) is 18.8. The highest BCUT2D eigenvalue weighted by atomic mass is 31.2. The summed E-state index contributed by atoms with van der Waals surface area (Å²) in [6, 6.07) is 4.42. The summed E-state index contributed by atoms with van der Waals surface area (Å²) in [5.74, 6) is -2.45. The van der Waals surface area contributed by atoms with Crippen LogP contribution in [0.15, 0.2) is 24.3 Å². The van der Waals surface area contributed by atoms with Gasteiger partial charge in [-0.05, 0) is 18.6 Å². The van der Waals surface area contributed by atoms with Crippen molar-refractivity contribution < 1.29 is 34.0 Å². The third kappa shape index (κ3) is 4.85. The molecule has 0 bridgehead atoms. The Hall–Kier alpha value is -2.29. The van der Waals surface area contributed by atoms with Crippen LogP contribution in [0.5, 0.6) is 0 Å². The molecular formula is C12H15N2O8P. The molecule has 0 fully saturated rings. The van der Waals surface area contributed by atoms with Crippen LogP contribution < -0.4 is 4.90 Å². The molecule has 1 aromatic carbocycles. The van der Waals surface area contributed by atoms with Crippen molar-refractivity contribution in [2.45, 2.75) is 19.0 Å². The van der Waals surface area contributed by atoms with Crippen LogP contribution in [-0.2, 0) is 14.2 Å². The fraction of sp³-hybridized carbons (Fsp3) is 0.333. The molecule has 3 N–H and O–H groups in total. The van der Waals surface area contributed by atoms with E-state index < -0.39 is 36.6 Å². The van der Waals surface area contributed by atoms with Gasteiger partial charge in [-0.1, -0.05) is 6.92 Å². The van der Waals surface area contributed by atoms with Gasteiger partial charge in [-0.25, -0.2) is 0 Å². The number of nitrogens with zero attached hydrogens (tertiary/aromatic N) is 2. The average Bonchev–Trinajstić information content (AvgIpc) is 2.43. The standard InChI is InChI=1S/C12H15N2O8P/c1-2-10(23(20,21)22)12(17)13(7-11(15)16)8-3-5-9(6-4-8)14(18)19/h3-6,10H,2,7H2,1H3,(H,15,16)(H2,20,21,22). The maximum atomic E-state index is 12.3. The summed E-state index contributed by atoms with van der Waals surface area (Å²) >= 11 is 0. The summed E-state index contributed by atoms with van der Waals surface area (Å²) in [4.78, 5) is 52.3. The highest BCUT2D eigenvalue weighted by molar-refractivity contribution is 7.53. The van der Waals surface area contributed by atoms with E-state index >= 15 is 0 Å². The summed E-state index contributed by atoms with van der Waals surface area (Å²) in [5, 5.41) is 19.5. The molecule has 0 aliphatic rings. The van der Waals surface area contributed by atoms with Gasteiger partial charge >= 0.3 is 13.6 Å². The summed E-state index contributed by atoms with van der Waals surface area (Å²) in [7, 11) is -4.77. The molecule has 10 nitrogen and oxygen atoms in total. The fourth-order valence-corrected chi connectivity index (χ4v) is 2.82. The van der Waals surface area contributed by atoms with Gasteiger partial charge in [0.05, 0.1) is 4.92 Å². The lowest BCUT2D eigenvalue weighted by Gasteiger charge is -2.26. The number of anilines is 1. The molecule has 11 heteroatoms. The molecule has 1 rings (SSSR count). The number of nitro benzene ring substituents is 1. The molecule has 23 heavy (non-hydrogen) atoms. The Kier molecular flexibility index (Phi) is 5.97. The third-order valence-corrected chi connectivity index (χ3v) is 4.41. The predicted molar refractivity (Wildman–Crippen MR) is 79.2 cm³/mol. The number of carbonyl (C=O) groups excluding carboxylic acids is 1. The van der Waals surface area contributed by atoms with E-state index in [-0.39, 0.29) is 17.8 Å². The van der Waals surface area contributed by atoms with Crippen LogP contribution >= 0.6 is 7.60 Å². The highest BCUT2D eigenvalue weighted by Gasteiger charge is 2.38. The molecular weight excluding hydrogens is 331 g/mol. The first-order valence-electron chi connectivity index (χ1n) is 6.40. The first-order valence-corrected chi connectivity index (χ1v) is 8.09. The van der Waals surface area contributed by atoms with Crippen molar-refractivity contribution >= 4 is 30.8 Å². The molecule has 0 aliphatic carbocycles. The van der Waals surface area contributed by atoms with Crippen molar-refractivity contribution in [3.63, 3.8) is 0 Å². The van der Waals surface area contributed by atoms with Gasteiger partial charge in [-0.3, -0.25) is 24.3 Å². The zero-order valence-electron chi connectivity index (χ0n) is 12.0. The Morgan fingerprint density at radius 1 is 1.30 bits per heavy atom. The molecule has 1 unspecified atom stereocenters. The third-order valence-electron chi connectivity index (χ3n) is 3.01. The van der Waals surface area contributed by atoms with Crippen molar-refractivity contribution in [3.05, 3.63) is 34.4 Å². The van der Waals surface area contributed by atoms with E-state index in [0.29, 0.717) is 4.90 Å². The van der Waals surface area contributed by atoms with Gasteiger partial charge in [0.2, 0.25) is 5.91 Å². The number of nitro groups is 1. The minimum absolute atomic E-state index is 0.00472. The second-order valence-electron chi connectivity index (χ2n) is 4.60. The Labute approximate surface area is 130 Å². The fourth-order valence-electron chi connectivity index (χ4n) is 1.92. The molecule has 0 aromatic heterocycles. The Bertz CT molecular complexity index is 654. The molecule has 1 aromatic rings. The van der Waals surface area contributed by atoms with Gasteiger partial charge in [-0.2, -0.15) is 0 Å². The number of hydrogen-bond donors (Lipinski definition) is 3. The van der Waals surface area contributed by atoms with Gasteiger partial charge < -0.3 is 19.8 Å². The number of rotatable bonds is 7. The molecule has 126 valence electrons. The minimum atomic E-state index is -4.77. The quantitative estimate of drug-likeness (QED) is 0.374. The van der Waals surface area contributed by atoms with Gasteiger partial charge in [0.1, 0.15) is 12.2 Å². The smallest absolute Gasteiger partial charge is 0.337 e. The topological polar surface area (TPSA) is 158 Å². The number of carboxylic acids is 1. The zero-order valence-corrected chi connectivity index (χ0v) is 12.9. The number of aliphatic carboxylic acids is 1. The van der Waals surface area contributed by atoms with E-state index in [4.69, 9.17) is 5.11 Å². The number of amides is 1. The minimum Gasteiger partial charge on any atom is -0.480 e. The van der Waals surface area contributed by atoms with E-state index in [2.05, 4.69) is 0 Å². The van der Waals surface area contributed by atoms with Gasteiger partial charge in [0.25, 0.3) is 5.69 Å². The summed E-state index contributed by atoms with van der Waals surface area (Å²) in [6.45, 7) is 0.559. The van der Waals surface area contributed by atoms with Crippen LogP contribution in [-0.4, -0.2) is 43.9 Å². The van der Waals surface area contributed by atoms with Gasteiger partial charge in [-0.15, -0.1) is 0 Å². The molecule has 0 saturated carbocycles. The van der Waals surface area contributed by atoms with Gasteiger partial charge in [0, 0.05) is 17.8 Å². The van der Waals surface area contributed by atoms with Crippen LogP contribution in [0.1, 0.15) is 13.3 Å². The SMILES string of the molecule is CCC(C(=O)N(CC(=O)O)c1ccc([N+](=O)[O-])cc1)P(=O)(O)O. The van der Waals surface area contributed by atoms with Crippen LogP contribution in [0.25, 0.3) is 0 Å². The highest BCUT2D eigenvalue weighted by Crippen LogP contribution is 2.44. The maximum absolute atomic E-state index is 12.3. The van der Waals surface area contributed by atoms with Crippen molar-refractivity contribution in [2.24, 2.45) is 0 Å². The van der Waals surface area contributed by atoms with E-state index in [1.54, 1.807) is 0 Å². The molecule has 0 radical (unpaired) electrons. The van der Waals surface area contributed by atoms with Crippen LogP contribution in [0.4, 0.5) is 11.4 Å². The van der Waals surface area contributed by atoms with Crippen LogP contribution in [0.2, 0.25) is 0 Å². The Morgan fingerprint density at radius 2 is 1.83 bits per heavy atom. The van der Waals surface area contributed by atoms with Crippen LogP contribution in [0, 0.1) is 10.1 Å². The van der Waals surface area contributed by atoms with E-state index in [1.165, 1.54) is 6.92 Å². The van der Waals surface area contributed by atoms with Crippen LogP contribution in [0.3, 0.4) is 0 Å². The largest absolute Gasteiger partial charge is 0.480 e. The van der Waals surface area contributed by atoms with Crippen molar-refractivity contribution in [1.29, 1.82) is 0 Å². The molecule has 1 amide bonds. The lowest BCUT2D eigenvalue weighted by molar-refractivity contribution is -0.384. The number of carbonyl (C=O) groups is 2. The predicted octanol–water partition coefficient (Wildman–Crippen LogP) is 0.969.